The van der Waals surface area contributed by atoms with Crippen LogP contribution in [0.2, 0.25) is 0 Å². The molecule has 1 amide bonds. The van der Waals surface area contributed by atoms with Crippen molar-refractivity contribution < 1.29 is 19.8 Å². The molecule has 3 rings (SSSR count). The largest absolute Gasteiger partial charge is 0.505 e. The van der Waals surface area contributed by atoms with E-state index >= 15 is 0 Å². The second kappa shape index (κ2) is 6.60. The topological polar surface area (TPSA) is 99.5 Å². The summed E-state index contributed by atoms with van der Waals surface area (Å²) in [7, 11) is 0. The number of hydrogen-bond donors (Lipinski definition) is 3. The maximum absolute atomic E-state index is 11.9. The Morgan fingerprint density at radius 3 is 2.56 bits per heavy atom. The number of nitrogens with one attached hydrogen (secondary N) is 1. The molecule has 3 N–H and O–H groups in total. The molecule has 0 saturated carbocycles. The van der Waals surface area contributed by atoms with Crippen molar-refractivity contribution in [3.63, 3.8) is 0 Å². The third kappa shape index (κ3) is 3.28. The number of aliphatic carboxylic acids is 1. The monoisotopic (exact) mass is 336 g/mol. The number of amides is 1. The SMILES string of the molecule is Cc1c(-c2ccc3ccccc3c2)cnc(C(=O)NCC(=O)O)c1O. The lowest BCUT2D eigenvalue weighted by atomic mass is 9.98. The van der Waals surface area contributed by atoms with Crippen LogP contribution in [0.3, 0.4) is 0 Å². The average molecular weight is 336 g/mol. The van der Waals surface area contributed by atoms with Crippen LogP contribution in [-0.2, 0) is 4.79 Å². The Bertz CT molecular complexity index is 982. The number of carboxylic acids is 1. The van der Waals surface area contributed by atoms with E-state index < -0.39 is 18.4 Å². The molecule has 0 bridgehead atoms. The Labute approximate surface area is 143 Å². The molecular weight excluding hydrogens is 320 g/mol. The summed E-state index contributed by atoms with van der Waals surface area (Å²) in [4.78, 5) is 26.5. The summed E-state index contributed by atoms with van der Waals surface area (Å²) in [5, 5.41) is 23.3. The molecule has 1 aromatic heterocycles. The van der Waals surface area contributed by atoms with Crippen molar-refractivity contribution in [2.75, 3.05) is 6.54 Å². The summed E-state index contributed by atoms with van der Waals surface area (Å²) in [5.74, 6) is -2.15. The molecular formula is C19H16N2O4. The van der Waals surface area contributed by atoms with E-state index in [1.54, 1.807) is 6.92 Å². The van der Waals surface area contributed by atoms with E-state index in [0.717, 1.165) is 16.3 Å². The van der Waals surface area contributed by atoms with Gasteiger partial charge in [-0.25, -0.2) is 4.98 Å². The van der Waals surface area contributed by atoms with Gasteiger partial charge in [0.25, 0.3) is 5.91 Å². The molecule has 126 valence electrons. The second-order valence-corrected chi connectivity index (χ2v) is 5.63. The van der Waals surface area contributed by atoms with Crippen molar-refractivity contribution in [2.45, 2.75) is 6.92 Å². The van der Waals surface area contributed by atoms with Gasteiger partial charge in [-0.05, 0) is 29.3 Å². The Kier molecular flexibility index (Phi) is 4.35. The van der Waals surface area contributed by atoms with Gasteiger partial charge in [-0.3, -0.25) is 9.59 Å². The number of carbonyl (C=O) groups is 2. The molecule has 6 nitrogen and oxygen atoms in total. The molecule has 0 unspecified atom stereocenters. The molecule has 0 spiro atoms. The summed E-state index contributed by atoms with van der Waals surface area (Å²) in [6.45, 7) is 1.15. The maximum atomic E-state index is 11.9. The molecule has 1 heterocycles. The van der Waals surface area contributed by atoms with Crippen molar-refractivity contribution in [1.82, 2.24) is 10.3 Å². The van der Waals surface area contributed by atoms with Crippen molar-refractivity contribution in [2.24, 2.45) is 0 Å². The molecule has 0 fully saturated rings. The third-order valence-corrected chi connectivity index (χ3v) is 3.98. The van der Waals surface area contributed by atoms with Crippen LogP contribution in [0.4, 0.5) is 0 Å². The van der Waals surface area contributed by atoms with Crippen LogP contribution in [0.25, 0.3) is 21.9 Å². The second-order valence-electron chi connectivity index (χ2n) is 5.63. The Morgan fingerprint density at radius 2 is 1.84 bits per heavy atom. The molecule has 0 aliphatic heterocycles. The molecule has 0 radical (unpaired) electrons. The molecule has 3 aromatic rings. The quantitative estimate of drug-likeness (QED) is 0.680. The molecule has 0 atom stereocenters. The zero-order valence-corrected chi connectivity index (χ0v) is 13.5. The molecule has 6 heteroatoms. The van der Waals surface area contributed by atoms with E-state index in [9.17, 15) is 14.7 Å². The normalized spacial score (nSPS) is 10.6. The number of aromatic nitrogens is 1. The highest BCUT2D eigenvalue weighted by molar-refractivity contribution is 5.97. The highest BCUT2D eigenvalue weighted by Crippen LogP contribution is 2.32. The summed E-state index contributed by atoms with van der Waals surface area (Å²) >= 11 is 0. The molecule has 0 aliphatic carbocycles. The maximum Gasteiger partial charge on any atom is 0.322 e. The lowest BCUT2D eigenvalue weighted by Crippen LogP contribution is -2.30. The predicted octanol–water partition coefficient (Wildman–Crippen LogP) is 2.73. The minimum absolute atomic E-state index is 0.191. The molecule has 25 heavy (non-hydrogen) atoms. The van der Waals surface area contributed by atoms with Gasteiger partial charge in [-0.1, -0.05) is 36.4 Å². The summed E-state index contributed by atoms with van der Waals surface area (Å²) in [5.41, 5.74) is 1.89. The van der Waals surface area contributed by atoms with Crippen molar-refractivity contribution >= 4 is 22.6 Å². The fourth-order valence-electron chi connectivity index (χ4n) is 2.65. The summed E-state index contributed by atoms with van der Waals surface area (Å²) < 4.78 is 0. The van der Waals surface area contributed by atoms with Gasteiger partial charge in [0.1, 0.15) is 12.3 Å². The number of fused-ring (bicyclic) bond motifs is 1. The zero-order chi connectivity index (χ0) is 18.0. The number of nitrogens with zero attached hydrogens (tertiary/aromatic N) is 1. The Morgan fingerprint density at radius 1 is 1.12 bits per heavy atom. The Hall–Kier alpha value is -3.41. The van der Waals surface area contributed by atoms with Crippen molar-refractivity contribution in [1.29, 1.82) is 0 Å². The average Bonchev–Trinajstić information content (AvgIpc) is 2.61. The van der Waals surface area contributed by atoms with Gasteiger partial charge in [0.05, 0.1) is 0 Å². The number of carboxylic acid groups (broad SMARTS) is 1. The first-order valence-corrected chi connectivity index (χ1v) is 7.65. The number of rotatable bonds is 4. The van der Waals surface area contributed by atoms with Crippen molar-refractivity contribution in [3.05, 3.63) is 59.9 Å². The van der Waals surface area contributed by atoms with E-state index in [1.807, 2.05) is 42.5 Å². The summed E-state index contributed by atoms with van der Waals surface area (Å²) in [6.07, 6.45) is 1.51. The first-order chi connectivity index (χ1) is 12.0. The molecule has 0 aliphatic rings. The minimum atomic E-state index is -1.17. The zero-order valence-electron chi connectivity index (χ0n) is 13.5. The number of benzene rings is 2. The van der Waals surface area contributed by atoms with E-state index in [1.165, 1.54) is 6.20 Å². The van der Waals surface area contributed by atoms with Gasteiger partial charge in [-0.2, -0.15) is 0 Å². The minimum Gasteiger partial charge on any atom is -0.505 e. The fraction of sp³-hybridized carbons (Fsp3) is 0.105. The van der Waals surface area contributed by atoms with Crippen LogP contribution in [-0.4, -0.2) is 33.6 Å². The Balaban J connectivity index is 1.98. The van der Waals surface area contributed by atoms with E-state index in [0.29, 0.717) is 11.1 Å². The standard InChI is InChI=1S/C19H16N2O4/c1-11-15(14-7-6-12-4-2-3-5-13(12)8-14)9-20-17(18(11)24)19(25)21-10-16(22)23/h2-9,24H,10H2,1H3,(H,21,25)(H,22,23). The first kappa shape index (κ1) is 16.4. The van der Waals surface area contributed by atoms with Crippen LogP contribution in [0.1, 0.15) is 16.1 Å². The van der Waals surface area contributed by atoms with Crippen LogP contribution in [0.5, 0.6) is 5.75 Å². The highest BCUT2D eigenvalue weighted by atomic mass is 16.4. The fourth-order valence-corrected chi connectivity index (χ4v) is 2.65. The van der Waals surface area contributed by atoms with Gasteiger partial charge in [0.15, 0.2) is 5.69 Å². The molecule has 2 aromatic carbocycles. The van der Waals surface area contributed by atoms with Crippen LogP contribution in [0.15, 0.2) is 48.7 Å². The molecule has 0 saturated heterocycles. The number of carbonyl (C=O) groups excluding carboxylic acids is 1. The van der Waals surface area contributed by atoms with Crippen LogP contribution < -0.4 is 5.32 Å². The first-order valence-electron chi connectivity index (χ1n) is 7.65. The summed E-state index contributed by atoms with van der Waals surface area (Å²) in [6, 6.07) is 13.8. The van der Waals surface area contributed by atoms with Crippen LogP contribution in [0, 0.1) is 6.92 Å². The third-order valence-electron chi connectivity index (χ3n) is 3.98. The smallest absolute Gasteiger partial charge is 0.322 e. The van der Waals surface area contributed by atoms with Crippen LogP contribution >= 0.6 is 0 Å². The highest BCUT2D eigenvalue weighted by Gasteiger charge is 2.18. The predicted molar refractivity (Wildman–Crippen MR) is 93.5 cm³/mol. The number of aromatic hydroxyl groups is 1. The van der Waals surface area contributed by atoms with E-state index in [2.05, 4.69) is 10.3 Å². The lowest BCUT2D eigenvalue weighted by molar-refractivity contribution is -0.135. The van der Waals surface area contributed by atoms with E-state index in [4.69, 9.17) is 5.11 Å². The van der Waals surface area contributed by atoms with Gasteiger partial charge in [-0.15, -0.1) is 0 Å². The van der Waals surface area contributed by atoms with Gasteiger partial charge < -0.3 is 15.5 Å². The van der Waals surface area contributed by atoms with Gasteiger partial charge in [0, 0.05) is 17.3 Å². The van der Waals surface area contributed by atoms with Crippen molar-refractivity contribution in [3.8, 4) is 16.9 Å². The number of hydrogen-bond acceptors (Lipinski definition) is 4. The van der Waals surface area contributed by atoms with Gasteiger partial charge in [0.2, 0.25) is 0 Å². The lowest BCUT2D eigenvalue weighted by Gasteiger charge is -2.12. The van der Waals surface area contributed by atoms with E-state index in [-0.39, 0.29) is 11.4 Å². The van der Waals surface area contributed by atoms with Gasteiger partial charge >= 0.3 is 5.97 Å². The number of pyridine rings is 1.